The third-order valence-electron chi connectivity index (χ3n) is 4.71. The zero-order valence-electron chi connectivity index (χ0n) is 18.5. The van der Waals surface area contributed by atoms with Crippen LogP contribution in [0.1, 0.15) is 57.6 Å². The summed E-state index contributed by atoms with van der Waals surface area (Å²) in [7, 11) is 0. The summed E-state index contributed by atoms with van der Waals surface area (Å²) in [6, 6.07) is 6.66. The number of nitrogens with zero attached hydrogens (tertiary/aromatic N) is 1. The van der Waals surface area contributed by atoms with Gasteiger partial charge in [-0.05, 0) is 89.4 Å². The van der Waals surface area contributed by atoms with Crippen molar-refractivity contribution < 1.29 is 9.53 Å². The molecule has 1 aromatic carbocycles. The van der Waals surface area contributed by atoms with E-state index < -0.39 is 0 Å². The van der Waals surface area contributed by atoms with Crippen molar-refractivity contribution in [2.45, 2.75) is 71.9 Å². The molecule has 0 radical (unpaired) electrons. The van der Waals surface area contributed by atoms with Crippen LogP contribution in [0, 0.1) is 13.8 Å². The van der Waals surface area contributed by atoms with Gasteiger partial charge in [0.1, 0.15) is 11.4 Å². The number of rotatable bonds is 5. The van der Waals surface area contributed by atoms with Crippen molar-refractivity contribution >= 4 is 18.4 Å². The fourth-order valence-corrected chi connectivity index (χ4v) is 4.20. The Morgan fingerprint density at radius 2 is 1.90 bits per heavy atom. The number of nitrogens with one attached hydrogen (secondary N) is 1. The second-order valence-electron chi connectivity index (χ2n) is 8.65. The van der Waals surface area contributed by atoms with Gasteiger partial charge in [-0.1, -0.05) is 30.4 Å². The summed E-state index contributed by atoms with van der Waals surface area (Å²) < 4.78 is 8.21. The van der Waals surface area contributed by atoms with Gasteiger partial charge in [0.15, 0.2) is 0 Å². The van der Waals surface area contributed by atoms with Crippen molar-refractivity contribution in [3.8, 4) is 5.75 Å². The van der Waals surface area contributed by atoms with E-state index in [0.717, 1.165) is 38.1 Å². The SMILES string of the molecule is Cc1ccc(C)c(OC(C)(C)C)c1.O=CNC1CCN(SC2=CCCC=C2)CC1. The Bertz CT molecular complexity index is 714. The van der Waals surface area contributed by atoms with E-state index >= 15 is 0 Å². The Labute approximate surface area is 180 Å². The number of allylic oxidation sites excluding steroid dienone is 3. The molecule has 1 aliphatic carbocycles. The van der Waals surface area contributed by atoms with Crippen LogP contribution in [0.25, 0.3) is 0 Å². The minimum absolute atomic E-state index is 0.113. The molecule has 29 heavy (non-hydrogen) atoms. The average molecular weight is 417 g/mol. The normalized spacial score (nSPS) is 17.8. The lowest BCUT2D eigenvalue weighted by Crippen LogP contribution is -2.39. The first-order valence-electron chi connectivity index (χ1n) is 10.5. The Hall–Kier alpha value is -1.72. The highest BCUT2D eigenvalue weighted by atomic mass is 32.2. The summed E-state index contributed by atoms with van der Waals surface area (Å²) in [4.78, 5) is 11.7. The molecule has 0 bridgehead atoms. The molecule has 0 saturated carbocycles. The summed E-state index contributed by atoms with van der Waals surface area (Å²) in [6.45, 7) is 12.5. The van der Waals surface area contributed by atoms with Crippen molar-refractivity contribution in [1.82, 2.24) is 9.62 Å². The lowest BCUT2D eigenvalue weighted by Gasteiger charge is -2.30. The molecule has 160 valence electrons. The number of aryl methyl sites for hydroxylation is 2. The maximum atomic E-state index is 10.3. The molecule has 1 saturated heterocycles. The van der Waals surface area contributed by atoms with E-state index in [0.29, 0.717) is 6.04 Å². The van der Waals surface area contributed by atoms with Gasteiger partial charge >= 0.3 is 0 Å². The second kappa shape index (κ2) is 11.5. The zero-order chi connectivity index (χ0) is 21.3. The second-order valence-corrected chi connectivity index (χ2v) is 9.82. The Morgan fingerprint density at radius 1 is 1.17 bits per heavy atom. The van der Waals surface area contributed by atoms with Crippen LogP contribution >= 0.6 is 11.9 Å². The number of piperidine rings is 1. The third kappa shape index (κ3) is 9.09. The lowest BCUT2D eigenvalue weighted by atomic mass is 10.1. The first-order chi connectivity index (χ1) is 13.8. The van der Waals surface area contributed by atoms with Gasteiger partial charge in [0.2, 0.25) is 6.41 Å². The smallest absolute Gasteiger partial charge is 0.207 e. The fraction of sp³-hybridized carbons (Fsp3) is 0.542. The molecule has 0 unspecified atom stereocenters. The Balaban J connectivity index is 0.000000212. The number of carbonyl (C=O) groups excluding carboxylic acids is 1. The largest absolute Gasteiger partial charge is 0.488 e. The third-order valence-corrected chi connectivity index (χ3v) is 5.85. The first-order valence-corrected chi connectivity index (χ1v) is 11.3. The van der Waals surface area contributed by atoms with E-state index in [1.165, 1.54) is 28.9 Å². The molecule has 3 rings (SSSR count). The minimum atomic E-state index is -0.113. The number of ether oxygens (including phenoxy) is 1. The van der Waals surface area contributed by atoms with Crippen LogP contribution in [0.4, 0.5) is 0 Å². The lowest BCUT2D eigenvalue weighted by molar-refractivity contribution is -0.110. The average Bonchev–Trinajstić information content (AvgIpc) is 2.67. The van der Waals surface area contributed by atoms with E-state index in [-0.39, 0.29) is 5.60 Å². The van der Waals surface area contributed by atoms with Crippen LogP contribution in [0.3, 0.4) is 0 Å². The molecule has 0 aromatic heterocycles. The highest BCUT2D eigenvalue weighted by Crippen LogP contribution is 2.28. The minimum Gasteiger partial charge on any atom is -0.488 e. The van der Waals surface area contributed by atoms with Gasteiger partial charge in [-0.15, -0.1) is 0 Å². The van der Waals surface area contributed by atoms with Crippen LogP contribution in [0.5, 0.6) is 5.75 Å². The summed E-state index contributed by atoms with van der Waals surface area (Å²) in [5.74, 6) is 0.993. The summed E-state index contributed by atoms with van der Waals surface area (Å²) in [5, 5.41) is 2.86. The Kier molecular flexibility index (Phi) is 9.31. The van der Waals surface area contributed by atoms with E-state index in [1.54, 1.807) is 0 Å². The van der Waals surface area contributed by atoms with E-state index in [1.807, 2.05) is 11.9 Å². The van der Waals surface area contributed by atoms with Gasteiger partial charge in [0, 0.05) is 24.0 Å². The topological polar surface area (TPSA) is 41.6 Å². The van der Waals surface area contributed by atoms with Crippen molar-refractivity contribution in [2.24, 2.45) is 0 Å². The molecular formula is C24H36N2O2S. The number of benzene rings is 1. The highest BCUT2D eigenvalue weighted by Gasteiger charge is 2.19. The molecule has 1 aromatic rings. The molecule has 5 heteroatoms. The Morgan fingerprint density at radius 3 is 2.48 bits per heavy atom. The number of hydrogen-bond acceptors (Lipinski definition) is 4. The van der Waals surface area contributed by atoms with Gasteiger partial charge in [0.05, 0.1) is 0 Å². The molecule has 1 amide bonds. The highest BCUT2D eigenvalue weighted by molar-refractivity contribution is 8.01. The molecule has 1 fully saturated rings. The van der Waals surface area contributed by atoms with Gasteiger partial charge in [-0.2, -0.15) is 0 Å². The van der Waals surface area contributed by atoms with Crippen molar-refractivity contribution in [2.75, 3.05) is 13.1 Å². The number of hydrogen-bond donors (Lipinski definition) is 1. The van der Waals surface area contributed by atoms with Crippen LogP contribution in [0.15, 0.2) is 41.3 Å². The van der Waals surface area contributed by atoms with Gasteiger partial charge in [-0.25, -0.2) is 4.31 Å². The monoisotopic (exact) mass is 416 g/mol. The van der Waals surface area contributed by atoms with Crippen molar-refractivity contribution in [3.63, 3.8) is 0 Å². The predicted molar refractivity (Wildman–Crippen MR) is 124 cm³/mol. The predicted octanol–water partition coefficient (Wildman–Crippen LogP) is 5.56. The molecule has 1 N–H and O–H groups in total. The molecule has 4 nitrogen and oxygen atoms in total. The first kappa shape index (κ1) is 23.6. The van der Waals surface area contributed by atoms with E-state index in [4.69, 9.17) is 4.74 Å². The van der Waals surface area contributed by atoms with E-state index in [9.17, 15) is 4.79 Å². The molecule has 1 heterocycles. The van der Waals surface area contributed by atoms with Gasteiger partial charge in [0.25, 0.3) is 0 Å². The number of amides is 1. The van der Waals surface area contributed by atoms with Gasteiger partial charge in [-0.3, -0.25) is 4.79 Å². The van der Waals surface area contributed by atoms with Gasteiger partial charge < -0.3 is 10.1 Å². The molecular weight excluding hydrogens is 380 g/mol. The van der Waals surface area contributed by atoms with Crippen LogP contribution in [0.2, 0.25) is 0 Å². The van der Waals surface area contributed by atoms with Crippen molar-refractivity contribution in [3.05, 3.63) is 52.5 Å². The fourth-order valence-electron chi connectivity index (χ4n) is 3.16. The van der Waals surface area contributed by atoms with Crippen LogP contribution < -0.4 is 10.1 Å². The molecule has 0 atom stereocenters. The summed E-state index contributed by atoms with van der Waals surface area (Å²) >= 11 is 1.85. The van der Waals surface area contributed by atoms with Crippen LogP contribution in [-0.2, 0) is 4.79 Å². The molecule has 0 spiro atoms. The quantitative estimate of drug-likeness (QED) is 0.504. The van der Waals surface area contributed by atoms with Crippen LogP contribution in [-0.4, -0.2) is 35.4 Å². The maximum Gasteiger partial charge on any atom is 0.207 e. The standard InChI is InChI=1S/C12H18N2OS.C12H18O/c15-10-13-11-6-8-14(9-7-11)16-12-4-2-1-3-5-12;1-9-6-7-10(2)11(8-9)13-12(3,4)5/h2,4-5,10-11H,1,3,6-9H2,(H,13,15);6-8H,1-5H3. The van der Waals surface area contributed by atoms with E-state index in [2.05, 4.69) is 80.7 Å². The molecule has 2 aliphatic rings. The zero-order valence-corrected chi connectivity index (χ0v) is 19.3. The number of carbonyl (C=O) groups is 1. The maximum absolute atomic E-state index is 10.3. The summed E-state index contributed by atoms with van der Waals surface area (Å²) in [5.41, 5.74) is 2.32. The van der Waals surface area contributed by atoms with Crippen molar-refractivity contribution in [1.29, 1.82) is 0 Å². The summed E-state index contributed by atoms with van der Waals surface area (Å²) in [6.07, 6.45) is 12.0. The molecule has 1 aliphatic heterocycles.